The van der Waals surface area contributed by atoms with Crippen LogP contribution in [0.1, 0.15) is 41.4 Å². The monoisotopic (exact) mass is 273 g/mol. The predicted octanol–water partition coefficient (Wildman–Crippen LogP) is 1.75. The summed E-state index contributed by atoms with van der Waals surface area (Å²) in [5, 5.41) is 7.93. The number of imidazole rings is 1. The molecular weight excluding hydrogens is 250 g/mol. The van der Waals surface area contributed by atoms with Crippen LogP contribution in [-0.4, -0.2) is 32.4 Å². The number of aromatic nitrogens is 4. The van der Waals surface area contributed by atoms with Crippen molar-refractivity contribution >= 4 is 0 Å². The number of nitrogens with one attached hydrogen (secondary N) is 1. The van der Waals surface area contributed by atoms with Crippen LogP contribution in [0.15, 0.2) is 12.5 Å². The van der Waals surface area contributed by atoms with Gasteiger partial charge in [-0.1, -0.05) is 0 Å². The fourth-order valence-electron chi connectivity index (χ4n) is 3.14. The van der Waals surface area contributed by atoms with E-state index >= 15 is 0 Å². The number of hydrogen-bond donors (Lipinski definition) is 1. The van der Waals surface area contributed by atoms with Crippen molar-refractivity contribution in [3.8, 4) is 0 Å². The van der Waals surface area contributed by atoms with Crippen LogP contribution >= 0.6 is 0 Å². The number of hydrogen-bond acceptors (Lipinski definition) is 3. The molecular formula is C15H23N5. The Morgan fingerprint density at radius 2 is 2.05 bits per heavy atom. The van der Waals surface area contributed by atoms with Crippen LogP contribution in [0.3, 0.4) is 0 Å². The first-order valence-electron chi connectivity index (χ1n) is 7.36. The molecule has 1 aliphatic heterocycles. The first kappa shape index (κ1) is 13.4. The van der Waals surface area contributed by atoms with Crippen LogP contribution < -0.4 is 5.32 Å². The molecule has 0 unspecified atom stereocenters. The van der Waals surface area contributed by atoms with E-state index in [1.165, 1.54) is 29.8 Å². The van der Waals surface area contributed by atoms with Crippen molar-refractivity contribution in [1.29, 1.82) is 0 Å². The summed E-state index contributed by atoms with van der Waals surface area (Å²) in [4.78, 5) is 4.37. The van der Waals surface area contributed by atoms with Gasteiger partial charge in [-0.2, -0.15) is 5.10 Å². The lowest BCUT2D eigenvalue weighted by Gasteiger charge is -2.23. The topological polar surface area (TPSA) is 47.7 Å². The molecule has 5 nitrogen and oxygen atoms in total. The Morgan fingerprint density at radius 3 is 2.70 bits per heavy atom. The molecule has 0 bridgehead atoms. The van der Waals surface area contributed by atoms with Crippen molar-refractivity contribution in [3.05, 3.63) is 35.2 Å². The van der Waals surface area contributed by atoms with Gasteiger partial charge in [-0.15, -0.1) is 0 Å². The number of piperidine rings is 1. The minimum Gasteiger partial charge on any atom is -0.330 e. The third-order valence-corrected chi connectivity index (χ3v) is 4.49. The molecule has 108 valence electrons. The van der Waals surface area contributed by atoms with Crippen molar-refractivity contribution in [1.82, 2.24) is 24.6 Å². The highest BCUT2D eigenvalue weighted by atomic mass is 15.3. The Balaban J connectivity index is 1.86. The second-order valence-electron chi connectivity index (χ2n) is 5.74. The summed E-state index contributed by atoms with van der Waals surface area (Å²) in [6, 6.07) is 0. The minimum atomic E-state index is 0.635. The van der Waals surface area contributed by atoms with Crippen LogP contribution in [-0.2, 0) is 13.6 Å². The molecule has 2 aromatic rings. The highest BCUT2D eigenvalue weighted by molar-refractivity contribution is 5.25. The number of aryl methyl sites for hydroxylation is 2. The molecule has 0 amide bonds. The molecule has 0 radical (unpaired) electrons. The van der Waals surface area contributed by atoms with Gasteiger partial charge in [-0.3, -0.25) is 4.68 Å². The van der Waals surface area contributed by atoms with E-state index < -0.39 is 0 Å². The maximum Gasteiger partial charge on any atom is 0.0951 e. The zero-order valence-electron chi connectivity index (χ0n) is 12.6. The van der Waals surface area contributed by atoms with E-state index in [1.54, 1.807) is 0 Å². The summed E-state index contributed by atoms with van der Waals surface area (Å²) >= 11 is 0. The smallest absolute Gasteiger partial charge is 0.0951 e. The zero-order valence-corrected chi connectivity index (χ0v) is 12.6. The molecule has 1 saturated heterocycles. The van der Waals surface area contributed by atoms with Crippen LogP contribution in [0.2, 0.25) is 0 Å². The van der Waals surface area contributed by atoms with Gasteiger partial charge in [-0.05, 0) is 39.8 Å². The van der Waals surface area contributed by atoms with Crippen molar-refractivity contribution in [2.24, 2.45) is 7.05 Å². The van der Waals surface area contributed by atoms with Crippen molar-refractivity contribution in [3.63, 3.8) is 0 Å². The van der Waals surface area contributed by atoms with Gasteiger partial charge < -0.3 is 9.88 Å². The quantitative estimate of drug-likeness (QED) is 0.927. The van der Waals surface area contributed by atoms with Gasteiger partial charge in [0.25, 0.3) is 0 Å². The number of rotatable bonds is 3. The minimum absolute atomic E-state index is 0.635. The molecule has 0 aromatic carbocycles. The van der Waals surface area contributed by atoms with E-state index in [2.05, 4.69) is 33.8 Å². The average molecular weight is 273 g/mol. The summed E-state index contributed by atoms with van der Waals surface area (Å²) in [6.07, 6.45) is 6.41. The van der Waals surface area contributed by atoms with Gasteiger partial charge in [0, 0.05) is 36.1 Å². The van der Waals surface area contributed by atoms with Crippen LogP contribution in [0, 0.1) is 13.8 Å². The Labute approximate surface area is 120 Å². The molecule has 1 fully saturated rings. The van der Waals surface area contributed by atoms with Gasteiger partial charge in [0.1, 0.15) is 0 Å². The van der Waals surface area contributed by atoms with Crippen molar-refractivity contribution in [2.75, 3.05) is 13.1 Å². The Bertz CT molecular complexity index is 589. The second kappa shape index (κ2) is 5.40. The van der Waals surface area contributed by atoms with Crippen molar-refractivity contribution < 1.29 is 0 Å². The lowest BCUT2D eigenvalue weighted by molar-refractivity contribution is 0.442. The fourth-order valence-corrected chi connectivity index (χ4v) is 3.14. The number of nitrogens with zero attached hydrogens (tertiary/aromatic N) is 4. The molecule has 0 saturated carbocycles. The Kier molecular flexibility index (Phi) is 3.61. The van der Waals surface area contributed by atoms with Gasteiger partial charge in [0.05, 0.1) is 18.6 Å². The largest absolute Gasteiger partial charge is 0.330 e. The maximum absolute atomic E-state index is 4.51. The molecule has 3 rings (SSSR count). The third kappa shape index (κ3) is 2.38. The van der Waals surface area contributed by atoms with Crippen LogP contribution in [0.5, 0.6) is 0 Å². The van der Waals surface area contributed by atoms with E-state index in [1.807, 2.05) is 24.3 Å². The Hall–Kier alpha value is -1.62. The third-order valence-electron chi connectivity index (χ3n) is 4.49. The maximum atomic E-state index is 4.51. The molecule has 1 N–H and O–H groups in total. The van der Waals surface area contributed by atoms with Gasteiger partial charge in [0.15, 0.2) is 0 Å². The lowest BCUT2D eigenvalue weighted by Crippen LogP contribution is -2.27. The van der Waals surface area contributed by atoms with Crippen molar-refractivity contribution in [2.45, 2.75) is 39.2 Å². The van der Waals surface area contributed by atoms with Gasteiger partial charge in [0.2, 0.25) is 0 Å². The lowest BCUT2D eigenvalue weighted by atomic mass is 9.95. The molecule has 5 heteroatoms. The normalized spacial score (nSPS) is 16.8. The molecule has 0 aliphatic carbocycles. The van der Waals surface area contributed by atoms with Gasteiger partial charge in [-0.25, -0.2) is 4.98 Å². The standard InChI is InChI=1S/C15H23N5/c1-11-14(12(2)19(3)18-11)9-20-10-17-8-15(20)13-4-6-16-7-5-13/h8,10,13,16H,4-7,9H2,1-3H3. The summed E-state index contributed by atoms with van der Waals surface area (Å²) in [7, 11) is 2.01. The average Bonchev–Trinajstić information content (AvgIpc) is 3.01. The molecule has 20 heavy (non-hydrogen) atoms. The van der Waals surface area contributed by atoms with Crippen LogP contribution in [0.25, 0.3) is 0 Å². The highest BCUT2D eigenvalue weighted by Crippen LogP contribution is 2.26. The van der Waals surface area contributed by atoms with Gasteiger partial charge >= 0.3 is 0 Å². The van der Waals surface area contributed by atoms with E-state index in [-0.39, 0.29) is 0 Å². The Morgan fingerprint density at radius 1 is 1.30 bits per heavy atom. The highest BCUT2D eigenvalue weighted by Gasteiger charge is 2.20. The summed E-state index contributed by atoms with van der Waals surface area (Å²) < 4.78 is 4.26. The van der Waals surface area contributed by atoms with E-state index in [0.717, 1.165) is 25.3 Å². The SMILES string of the molecule is Cc1nn(C)c(C)c1Cn1cncc1C1CCNCC1. The zero-order chi connectivity index (χ0) is 14.1. The second-order valence-corrected chi connectivity index (χ2v) is 5.74. The predicted molar refractivity (Wildman–Crippen MR) is 78.9 cm³/mol. The first-order chi connectivity index (χ1) is 9.66. The first-order valence-corrected chi connectivity index (χ1v) is 7.36. The molecule has 0 atom stereocenters. The summed E-state index contributed by atoms with van der Waals surface area (Å²) in [5.74, 6) is 0.635. The summed E-state index contributed by atoms with van der Waals surface area (Å²) in [5.41, 5.74) is 5.05. The molecule has 1 aliphatic rings. The molecule has 2 aromatic heterocycles. The molecule has 3 heterocycles. The van der Waals surface area contributed by atoms with E-state index in [9.17, 15) is 0 Å². The molecule has 0 spiro atoms. The fraction of sp³-hybridized carbons (Fsp3) is 0.600. The summed E-state index contributed by atoms with van der Waals surface area (Å²) in [6.45, 7) is 7.33. The van der Waals surface area contributed by atoms with E-state index in [0.29, 0.717) is 5.92 Å². The van der Waals surface area contributed by atoms with E-state index in [4.69, 9.17) is 0 Å². The van der Waals surface area contributed by atoms with Crippen LogP contribution in [0.4, 0.5) is 0 Å².